The van der Waals surface area contributed by atoms with Crippen LogP contribution < -0.4 is 5.32 Å². The van der Waals surface area contributed by atoms with E-state index in [1.54, 1.807) is 25.8 Å². The molecule has 1 N–H and O–H groups in total. The van der Waals surface area contributed by atoms with Crippen molar-refractivity contribution in [1.29, 1.82) is 0 Å². The molecule has 6 nitrogen and oxygen atoms in total. The highest BCUT2D eigenvalue weighted by atomic mass is 32.1. The Morgan fingerprint density at radius 1 is 1.40 bits per heavy atom. The Morgan fingerprint density at radius 2 is 2.05 bits per heavy atom. The molecule has 1 amide bonds. The Balaban J connectivity index is 2.03. The van der Waals surface area contributed by atoms with E-state index in [1.807, 2.05) is 0 Å². The first-order chi connectivity index (χ1) is 9.54. The van der Waals surface area contributed by atoms with Gasteiger partial charge in [0.1, 0.15) is 10.6 Å². The molecule has 0 unspecified atom stereocenters. The molecule has 1 aromatic rings. The van der Waals surface area contributed by atoms with Crippen LogP contribution in [0.2, 0.25) is 0 Å². The standard InChI is InChI=1S/C13H19N3O3S/c1-8-10(11(14-3)20-15-8)13(18)19-9(2)12(17)16-6-4-5-7-16/h9,14H,4-7H2,1-3H3/t9-/m1/s1. The topological polar surface area (TPSA) is 71.5 Å². The molecular formula is C13H19N3O3S. The van der Waals surface area contributed by atoms with Crippen LogP contribution in [0.25, 0.3) is 0 Å². The monoisotopic (exact) mass is 297 g/mol. The molecule has 7 heteroatoms. The SMILES string of the molecule is CNc1snc(C)c1C(=O)O[C@H](C)C(=O)N1CCCC1. The van der Waals surface area contributed by atoms with Gasteiger partial charge in [-0.1, -0.05) is 0 Å². The highest BCUT2D eigenvalue weighted by Crippen LogP contribution is 2.25. The minimum absolute atomic E-state index is 0.123. The van der Waals surface area contributed by atoms with Gasteiger partial charge in [-0.25, -0.2) is 4.79 Å². The Morgan fingerprint density at radius 3 is 2.65 bits per heavy atom. The van der Waals surface area contributed by atoms with Crippen LogP contribution in [0.1, 0.15) is 35.8 Å². The predicted molar refractivity (Wildman–Crippen MR) is 77.1 cm³/mol. The van der Waals surface area contributed by atoms with Crippen LogP contribution in [0.15, 0.2) is 0 Å². The Kier molecular flexibility index (Phi) is 4.59. The highest BCUT2D eigenvalue weighted by molar-refractivity contribution is 7.10. The molecule has 1 atom stereocenters. The maximum absolute atomic E-state index is 12.2. The van der Waals surface area contributed by atoms with Crippen molar-refractivity contribution in [2.45, 2.75) is 32.8 Å². The van der Waals surface area contributed by atoms with Gasteiger partial charge in [0.25, 0.3) is 5.91 Å². The van der Waals surface area contributed by atoms with E-state index in [-0.39, 0.29) is 5.91 Å². The zero-order valence-electron chi connectivity index (χ0n) is 11.9. The molecule has 0 bridgehead atoms. The van der Waals surface area contributed by atoms with E-state index in [0.717, 1.165) is 25.9 Å². The lowest BCUT2D eigenvalue weighted by Gasteiger charge is -2.20. The van der Waals surface area contributed by atoms with Crippen molar-refractivity contribution < 1.29 is 14.3 Å². The van der Waals surface area contributed by atoms with Crippen LogP contribution in [0.4, 0.5) is 5.00 Å². The third kappa shape index (κ3) is 2.92. The fraction of sp³-hybridized carbons (Fsp3) is 0.615. The summed E-state index contributed by atoms with van der Waals surface area (Å²) in [6.07, 6.45) is 1.28. The first-order valence-electron chi connectivity index (χ1n) is 6.68. The van der Waals surface area contributed by atoms with Gasteiger partial charge in [0.05, 0.1) is 5.69 Å². The number of ether oxygens (including phenoxy) is 1. The van der Waals surface area contributed by atoms with Gasteiger partial charge < -0.3 is 15.0 Å². The lowest BCUT2D eigenvalue weighted by atomic mass is 10.2. The molecule has 1 aromatic heterocycles. The van der Waals surface area contributed by atoms with Crippen LogP contribution in [0.3, 0.4) is 0 Å². The highest BCUT2D eigenvalue weighted by Gasteiger charge is 2.28. The van der Waals surface area contributed by atoms with E-state index >= 15 is 0 Å². The summed E-state index contributed by atoms with van der Waals surface area (Å²) in [6.45, 7) is 4.87. The summed E-state index contributed by atoms with van der Waals surface area (Å²) in [5.41, 5.74) is 1.03. The number of esters is 1. The third-order valence-corrected chi connectivity index (χ3v) is 4.30. The molecule has 20 heavy (non-hydrogen) atoms. The van der Waals surface area contributed by atoms with Crippen LogP contribution in [0, 0.1) is 6.92 Å². The molecule has 1 fully saturated rings. The number of nitrogens with zero attached hydrogens (tertiary/aromatic N) is 2. The second kappa shape index (κ2) is 6.21. The van der Waals surface area contributed by atoms with Crippen LogP contribution in [-0.4, -0.2) is 47.4 Å². The largest absolute Gasteiger partial charge is 0.449 e. The molecule has 1 aliphatic rings. The van der Waals surface area contributed by atoms with Crippen molar-refractivity contribution in [2.75, 3.05) is 25.5 Å². The van der Waals surface area contributed by atoms with Gasteiger partial charge in [-0.15, -0.1) is 0 Å². The molecule has 0 radical (unpaired) electrons. The van der Waals surface area contributed by atoms with Crippen molar-refractivity contribution in [2.24, 2.45) is 0 Å². The first-order valence-corrected chi connectivity index (χ1v) is 7.45. The zero-order chi connectivity index (χ0) is 14.7. The van der Waals surface area contributed by atoms with Gasteiger partial charge in [0, 0.05) is 20.1 Å². The molecular weight excluding hydrogens is 278 g/mol. The molecule has 0 aromatic carbocycles. The Bertz CT molecular complexity index is 509. The molecule has 0 saturated carbocycles. The van der Waals surface area contributed by atoms with Crippen molar-refractivity contribution >= 4 is 28.4 Å². The lowest BCUT2D eigenvalue weighted by Crippen LogP contribution is -2.38. The average Bonchev–Trinajstić information content (AvgIpc) is 3.06. The maximum Gasteiger partial charge on any atom is 0.343 e. The summed E-state index contributed by atoms with van der Waals surface area (Å²) < 4.78 is 9.41. The fourth-order valence-corrected chi connectivity index (χ4v) is 2.98. The van der Waals surface area contributed by atoms with E-state index < -0.39 is 12.1 Å². The number of aromatic nitrogens is 1. The molecule has 2 rings (SSSR count). The van der Waals surface area contributed by atoms with Crippen molar-refractivity contribution in [3.05, 3.63) is 11.3 Å². The molecule has 110 valence electrons. The number of rotatable bonds is 4. The predicted octanol–water partition coefficient (Wildman–Crippen LogP) is 1.66. The van der Waals surface area contributed by atoms with Crippen LogP contribution >= 0.6 is 11.5 Å². The van der Waals surface area contributed by atoms with Gasteiger partial charge in [-0.2, -0.15) is 4.37 Å². The van der Waals surface area contributed by atoms with E-state index in [2.05, 4.69) is 9.69 Å². The van der Waals surface area contributed by atoms with E-state index in [0.29, 0.717) is 16.3 Å². The summed E-state index contributed by atoms with van der Waals surface area (Å²) in [6, 6.07) is 0. The number of likely N-dealkylation sites (tertiary alicyclic amines) is 1. The van der Waals surface area contributed by atoms with Gasteiger partial charge in [0.15, 0.2) is 6.10 Å². The number of hydrogen-bond donors (Lipinski definition) is 1. The number of aryl methyl sites for hydroxylation is 1. The second-order valence-corrected chi connectivity index (χ2v) is 5.58. The minimum Gasteiger partial charge on any atom is -0.449 e. The van der Waals surface area contributed by atoms with Gasteiger partial charge in [-0.3, -0.25) is 4.79 Å². The van der Waals surface area contributed by atoms with Crippen molar-refractivity contribution in [3.63, 3.8) is 0 Å². The molecule has 0 aliphatic carbocycles. The Hall–Kier alpha value is -1.63. The number of carbonyl (C=O) groups is 2. The number of hydrogen-bond acceptors (Lipinski definition) is 6. The van der Waals surface area contributed by atoms with E-state index in [1.165, 1.54) is 11.5 Å². The first kappa shape index (κ1) is 14.8. The van der Waals surface area contributed by atoms with E-state index in [4.69, 9.17) is 4.74 Å². The summed E-state index contributed by atoms with van der Waals surface area (Å²) in [7, 11) is 1.72. The smallest absolute Gasteiger partial charge is 0.343 e. The van der Waals surface area contributed by atoms with Crippen molar-refractivity contribution in [1.82, 2.24) is 9.27 Å². The summed E-state index contributed by atoms with van der Waals surface area (Å²) in [4.78, 5) is 26.0. The van der Waals surface area contributed by atoms with Crippen molar-refractivity contribution in [3.8, 4) is 0 Å². The van der Waals surface area contributed by atoms with E-state index in [9.17, 15) is 9.59 Å². The van der Waals surface area contributed by atoms with Crippen LogP contribution in [0.5, 0.6) is 0 Å². The second-order valence-electron chi connectivity index (χ2n) is 4.80. The van der Waals surface area contributed by atoms with Crippen LogP contribution in [-0.2, 0) is 9.53 Å². The number of amides is 1. The summed E-state index contributed by atoms with van der Waals surface area (Å²) >= 11 is 1.21. The minimum atomic E-state index is -0.760. The molecule has 0 spiro atoms. The normalized spacial score (nSPS) is 16.1. The average molecular weight is 297 g/mol. The summed E-state index contributed by atoms with van der Waals surface area (Å²) in [5.74, 6) is -0.622. The summed E-state index contributed by atoms with van der Waals surface area (Å²) in [5, 5.41) is 3.58. The maximum atomic E-state index is 12.2. The number of carbonyl (C=O) groups excluding carboxylic acids is 2. The Labute approximate surface area is 122 Å². The quantitative estimate of drug-likeness (QED) is 0.856. The third-order valence-electron chi connectivity index (χ3n) is 3.34. The van der Waals surface area contributed by atoms with Gasteiger partial charge in [-0.05, 0) is 38.2 Å². The molecule has 1 saturated heterocycles. The van der Waals surface area contributed by atoms with Gasteiger partial charge in [0.2, 0.25) is 0 Å². The number of nitrogens with one attached hydrogen (secondary N) is 1. The molecule has 1 aliphatic heterocycles. The zero-order valence-corrected chi connectivity index (χ0v) is 12.7. The fourth-order valence-electron chi connectivity index (χ4n) is 2.25. The number of anilines is 1. The molecule has 2 heterocycles. The van der Waals surface area contributed by atoms with Gasteiger partial charge >= 0.3 is 5.97 Å². The lowest BCUT2D eigenvalue weighted by molar-refractivity contribution is -0.138.